The number of hydrogen-bond acceptors (Lipinski definition) is 7. The molecule has 1 atom stereocenters. The minimum atomic E-state index is -3.63. The van der Waals surface area contributed by atoms with Crippen molar-refractivity contribution in [2.75, 3.05) is 25.4 Å². The number of nitrogens with one attached hydrogen (secondary N) is 3. The number of hydrazone groups is 1. The fourth-order valence-electron chi connectivity index (χ4n) is 2.98. The molecule has 0 aliphatic carbocycles. The molecule has 9 nitrogen and oxygen atoms in total. The molecule has 0 bridgehead atoms. The summed E-state index contributed by atoms with van der Waals surface area (Å²) < 4.78 is 28.0. The van der Waals surface area contributed by atoms with Crippen molar-refractivity contribution >= 4 is 38.8 Å². The Morgan fingerprint density at radius 2 is 1.82 bits per heavy atom. The van der Waals surface area contributed by atoms with Crippen molar-refractivity contribution in [2.45, 2.75) is 46.4 Å². The summed E-state index contributed by atoms with van der Waals surface area (Å²) in [6, 6.07) is 9.14. The first-order valence-corrected chi connectivity index (χ1v) is 13.5. The van der Waals surface area contributed by atoms with E-state index in [-0.39, 0.29) is 35.2 Å². The molecule has 0 saturated heterocycles. The Balaban J connectivity index is 2.49. The average molecular weight is 498 g/mol. The van der Waals surface area contributed by atoms with E-state index in [4.69, 9.17) is 0 Å². The van der Waals surface area contributed by atoms with E-state index in [0.717, 1.165) is 11.8 Å². The van der Waals surface area contributed by atoms with Crippen molar-refractivity contribution < 1.29 is 18.0 Å². The van der Waals surface area contributed by atoms with Gasteiger partial charge in [-0.3, -0.25) is 9.59 Å². The normalized spacial score (nSPS) is 19.0. The topological polar surface area (TPSA) is 120 Å². The van der Waals surface area contributed by atoms with Crippen LogP contribution in [-0.2, 0) is 24.5 Å². The third-order valence-corrected chi connectivity index (χ3v) is 7.53. The van der Waals surface area contributed by atoms with Crippen molar-refractivity contribution in [3.63, 3.8) is 0 Å². The first kappa shape index (κ1) is 27.3. The molecule has 1 aromatic rings. The molecule has 1 heterocycles. The van der Waals surface area contributed by atoms with Crippen LogP contribution in [0, 0.1) is 11.3 Å². The number of sulfonamides is 1. The summed E-state index contributed by atoms with van der Waals surface area (Å²) in [4.78, 5) is 24.6. The third kappa shape index (κ3) is 7.02. The summed E-state index contributed by atoms with van der Waals surface area (Å²) >= 11 is 1.16. The molecule has 33 heavy (non-hydrogen) atoms. The lowest BCUT2D eigenvalue weighted by Crippen LogP contribution is -2.52. The van der Waals surface area contributed by atoms with Crippen molar-refractivity contribution in [3.8, 4) is 0 Å². The number of nitrogens with zero attached hydrogens (tertiary/aromatic N) is 2. The molecule has 11 heteroatoms. The Bertz CT molecular complexity index is 974. The molecule has 0 unspecified atom stereocenters. The highest BCUT2D eigenvalue weighted by Crippen LogP contribution is 2.46. The van der Waals surface area contributed by atoms with Crippen LogP contribution in [0.5, 0.6) is 0 Å². The second-order valence-electron chi connectivity index (χ2n) is 9.16. The highest BCUT2D eigenvalue weighted by atomic mass is 32.2. The van der Waals surface area contributed by atoms with Crippen LogP contribution in [0.3, 0.4) is 0 Å². The Morgan fingerprint density at radius 1 is 1.18 bits per heavy atom. The lowest BCUT2D eigenvalue weighted by atomic mass is 9.93. The quantitative estimate of drug-likeness (QED) is 0.449. The molecule has 0 aromatic heterocycles. The molecule has 1 aliphatic heterocycles. The second kappa shape index (κ2) is 11.0. The third-order valence-electron chi connectivity index (χ3n) is 4.94. The summed E-state index contributed by atoms with van der Waals surface area (Å²) in [5.74, 6) is -0.906. The van der Waals surface area contributed by atoms with Gasteiger partial charge in [0.25, 0.3) is 0 Å². The predicted molar refractivity (Wildman–Crippen MR) is 133 cm³/mol. The number of benzene rings is 1. The van der Waals surface area contributed by atoms with E-state index in [0.29, 0.717) is 18.7 Å². The van der Waals surface area contributed by atoms with E-state index in [1.165, 1.54) is 5.01 Å². The molecule has 3 N–H and O–H groups in total. The van der Waals surface area contributed by atoms with Gasteiger partial charge in [-0.2, -0.15) is 0 Å². The zero-order valence-corrected chi connectivity index (χ0v) is 21.8. The van der Waals surface area contributed by atoms with Gasteiger partial charge in [-0.25, -0.2) is 18.1 Å². The van der Waals surface area contributed by atoms with Crippen LogP contribution in [-0.4, -0.2) is 55.8 Å². The fraction of sp³-hybridized carbons (Fsp3) is 0.591. The van der Waals surface area contributed by atoms with Gasteiger partial charge in [0, 0.05) is 17.9 Å². The zero-order valence-electron chi connectivity index (χ0n) is 20.1. The maximum atomic E-state index is 13.5. The van der Waals surface area contributed by atoms with Crippen LogP contribution in [0.15, 0.2) is 35.4 Å². The fourth-order valence-corrected chi connectivity index (χ4v) is 5.26. The molecule has 1 aromatic carbocycles. The molecule has 2 amide bonds. The monoisotopic (exact) mass is 497 g/mol. The maximum absolute atomic E-state index is 13.5. The minimum Gasteiger partial charge on any atom is -0.316 e. The van der Waals surface area contributed by atoms with Gasteiger partial charge in [0.1, 0.15) is 0 Å². The molecule has 184 valence electrons. The number of thioether (sulfide) groups is 1. The Labute approximate surface area is 201 Å². The van der Waals surface area contributed by atoms with Gasteiger partial charge in [0.05, 0.1) is 12.3 Å². The largest absolute Gasteiger partial charge is 0.316 e. The molecular formula is C22H35N5O4S2. The summed E-state index contributed by atoms with van der Waals surface area (Å²) in [6.45, 7) is 11.6. The standard InChI is InChI=1S/C22H35N5O4S2/c1-7-23-13-14-33(30,31)24-15-22(17-11-9-8-10-12-17)27(19(29)21(4,5)6)26-20(32-22)25-18(28)16(2)3/h8-12,16,23-24H,7,13-15H2,1-6H3,(H,25,26,28)/t22-/m0/s1. The lowest BCUT2D eigenvalue weighted by Gasteiger charge is -2.38. The van der Waals surface area contributed by atoms with Crippen molar-refractivity contribution in [2.24, 2.45) is 16.4 Å². The van der Waals surface area contributed by atoms with Crippen molar-refractivity contribution in [3.05, 3.63) is 35.9 Å². The molecule has 0 fully saturated rings. The highest BCUT2D eigenvalue weighted by molar-refractivity contribution is 8.14. The lowest BCUT2D eigenvalue weighted by molar-refractivity contribution is -0.143. The van der Waals surface area contributed by atoms with E-state index in [9.17, 15) is 18.0 Å². The molecule has 0 radical (unpaired) electrons. The van der Waals surface area contributed by atoms with Gasteiger partial charge in [-0.05, 0) is 23.9 Å². The van der Waals surface area contributed by atoms with Gasteiger partial charge < -0.3 is 10.6 Å². The molecule has 1 aliphatic rings. The van der Waals surface area contributed by atoms with E-state index in [1.807, 2.05) is 37.3 Å². The summed E-state index contributed by atoms with van der Waals surface area (Å²) in [5, 5.41) is 11.8. The van der Waals surface area contributed by atoms with Crippen molar-refractivity contribution in [1.29, 1.82) is 0 Å². The van der Waals surface area contributed by atoms with Gasteiger partial charge in [-0.15, -0.1) is 5.10 Å². The zero-order chi connectivity index (χ0) is 24.9. The van der Waals surface area contributed by atoms with Crippen LogP contribution in [0.1, 0.15) is 47.1 Å². The number of amidine groups is 1. The Morgan fingerprint density at radius 3 is 2.36 bits per heavy atom. The number of carbonyl (C=O) groups excluding carboxylic acids is 2. The Hall–Kier alpha value is -1.95. The van der Waals surface area contributed by atoms with Crippen LogP contribution in [0.4, 0.5) is 0 Å². The van der Waals surface area contributed by atoms with Gasteiger partial charge >= 0.3 is 0 Å². The van der Waals surface area contributed by atoms with Gasteiger partial charge in [0.2, 0.25) is 21.8 Å². The number of carbonyl (C=O) groups is 2. The van der Waals surface area contributed by atoms with Crippen LogP contribution in [0.25, 0.3) is 0 Å². The number of hydrogen-bond donors (Lipinski definition) is 3. The van der Waals surface area contributed by atoms with E-state index in [1.54, 1.807) is 34.6 Å². The first-order valence-electron chi connectivity index (χ1n) is 11.0. The van der Waals surface area contributed by atoms with Crippen LogP contribution >= 0.6 is 11.8 Å². The SMILES string of the molecule is CCNCCS(=O)(=O)NC[C@@]1(c2ccccc2)SC(NC(=O)C(C)C)=NN1C(=O)C(C)(C)C. The maximum Gasteiger partial charge on any atom is 0.249 e. The summed E-state index contributed by atoms with van der Waals surface area (Å²) in [6.07, 6.45) is 0. The molecular weight excluding hydrogens is 462 g/mol. The van der Waals surface area contributed by atoms with E-state index >= 15 is 0 Å². The Kier molecular flexibility index (Phi) is 9.09. The van der Waals surface area contributed by atoms with Crippen LogP contribution in [0.2, 0.25) is 0 Å². The number of rotatable bonds is 9. The van der Waals surface area contributed by atoms with Gasteiger partial charge in [0.15, 0.2) is 10.0 Å². The molecule has 0 saturated carbocycles. The minimum absolute atomic E-state index is 0.0958. The summed E-state index contributed by atoms with van der Waals surface area (Å²) in [5.41, 5.74) is -0.0922. The van der Waals surface area contributed by atoms with Crippen LogP contribution < -0.4 is 15.4 Å². The average Bonchev–Trinajstić information content (AvgIpc) is 3.11. The predicted octanol–water partition coefficient (Wildman–Crippen LogP) is 2.03. The van der Waals surface area contributed by atoms with Gasteiger partial charge in [-0.1, -0.05) is 71.9 Å². The van der Waals surface area contributed by atoms with E-state index in [2.05, 4.69) is 20.5 Å². The summed E-state index contributed by atoms with van der Waals surface area (Å²) in [7, 11) is -3.63. The van der Waals surface area contributed by atoms with Crippen molar-refractivity contribution in [1.82, 2.24) is 20.4 Å². The number of amides is 2. The second-order valence-corrected chi connectivity index (χ2v) is 12.4. The first-order chi connectivity index (χ1) is 15.3. The highest BCUT2D eigenvalue weighted by Gasteiger charge is 2.51. The molecule has 2 rings (SSSR count). The molecule has 0 spiro atoms. The smallest absolute Gasteiger partial charge is 0.249 e. The van der Waals surface area contributed by atoms with E-state index < -0.39 is 20.3 Å².